The number of aromatic nitrogens is 3. The number of likely N-dealkylation sites (tertiary alicyclic amines) is 1. The Hall–Kier alpha value is -3.75. The molecule has 0 unspecified atom stereocenters. The number of nitrogens with one attached hydrogen (secondary N) is 1. The molecule has 1 aliphatic heterocycles. The van der Waals surface area contributed by atoms with Gasteiger partial charge in [0, 0.05) is 31.3 Å². The van der Waals surface area contributed by atoms with Crippen molar-refractivity contribution in [2.45, 2.75) is 25.3 Å². The van der Waals surface area contributed by atoms with E-state index in [-0.39, 0.29) is 17.3 Å². The second-order valence-corrected chi connectivity index (χ2v) is 6.95. The second kappa shape index (κ2) is 7.70. The second-order valence-electron chi connectivity index (χ2n) is 6.95. The molecule has 0 aliphatic carbocycles. The monoisotopic (exact) mass is 392 g/mol. The van der Waals surface area contributed by atoms with E-state index >= 15 is 0 Å². The fourth-order valence-corrected chi connectivity index (χ4v) is 3.61. The van der Waals surface area contributed by atoms with Crippen molar-refractivity contribution in [3.8, 4) is 0 Å². The fourth-order valence-electron chi connectivity index (χ4n) is 3.61. The predicted octanol–water partition coefficient (Wildman–Crippen LogP) is 1.52. The van der Waals surface area contributed by atoms with Crippen molar-refractivity contribution in [1.29, 1.82) is 0 Å². The minimum Gasteiger partial charge on any atom is -0.366 e. The largest absolute Gasteiger partial charge is 0.366 e. The first-order valence-corrected chi connectivity index (χ1v) is 9.32. The van der Waals surface area contributed by atoms with Crippen LogP contribution in [-0.2, 0) is 9.59 Å². The van der Waals surface area contributed by atoms with Crippen molar-refractivity contribution in [3.05, 3.63) is 60.3 Å². The number of imidazole rings is 1. The summed E-state index contributed by atoms with van der Waals surface area (Å²) in [7, 11) is 0. The third-order valence-corrected chi connectivity index (χ3v) is 5.03. The predicted molar refractivity (Wildman–Crippen MR) is 105 cm³/mol. The number of carbonyl (C=O) groups excluding carboxylic acids is 3. The number of anilines is 1. The maximum absolute atomic E-state index is 12.9. The summed E-state index contributed by atoms with van der Waals surface area (Å²) >= 11 is 0. The number of hydrogen-bond acceptors (Lipinski definition) is 5. The molecule has 3 amide bonds. The number of rotatable bonds is 3. The van der Waals surface area contributed by atoms with Gasteiger partial charge in [-0.1, -0.05) is 6.07 Å². The molecule has 3 aromatic rings. The highest BCUT2D eigenvalue weighted by atomic mass is 16.2. The molecule has 0 bridgehead atoms. The topological polar surface area (TPSA) is 123 Å². The SMILES string of the molecule is NC(=O)c1cncc(NC(=O)C(=O)N2CCCC[C@H]2c2ccc3nccn3c2)c1. The molecule has 0 aromatic carbocycles. The van der Waals surface area contributed by atoms with Crippen LogP contribution in [0, 0.1) is 0 Å². The molecule has 0 saturated carbocycles. The third kappa shape index (κ3) is 3.79. The highest BCUT2D eigenvalue weighted by Crippen LogP contribution is 2.31. The lowest BCUT2D eigenvalue weighted by Gasteiger charge is -2.35. The minimum absolute atomic E-state index is 0.153. The van der Waals surface area contributed by atoms with E-state index in [0.29, 0.717) is 6.54 Å². The van der Waals surface area contributed by atoms with Crippen molar-refractivity contribution >= 4 is 29.1 Å². The number of primary amides is 1. The number of hydrogen-bond donors (Lipinski definition) is 2. The summed E-state index contributed by atoms with van der Waals surface area (Å²) in [6.07, 6.45) is 10.7. The average molecular weight is 392 g/mol. The number of nitrogens with two attached hydrogens (primary N) is 1. The van der Waals surface area contributed by atoms with Gasteiger partial charge in [0.2, 0.25) is 5.91 Å². The summed E-state index contributed by atoms with van der Waals surface area (Å²) in [4.78, 5) is 46.5. The van der Waals surface area contributed by atoms with Crippen LogP contribution in [0.3, 0.4) is 0 Å². The van der Waals surface area contributed by atoms with Gasteiger partial charge >= 0.3 is 11.8 Å². The quantitative estimate of drug-likeness (QED) is 0.654. The summed E-state index contributed by atoms with van der Waals surface area (Å²) in [5, 5.41) is 2.52. The maximum Gasteiger partial charge on any atom is 0.313 e. The van der Waals surface area contributed by atoms with E-state index in [9.17, 15) is 14.4 Å². The van der Waals surface area contributed by atoms with E-state index < -0.39 is 17.7 Å². The Labute approximate surface area is 166 Å². The van der Waals surface area contributed by atoms with Crippen LogP contribution < -0.4 is 11.1 Å². The summed E-state index contributed by atoms with van der Waals surface area (Å²) < 4.78 is 1.90. The number of piperidine rings is 1. The summed E-state index contributed by atoms with van der Waals surface area (Å²) in [5.74, 6) is -2.06. The molecule has 9 nitrogen and oxygen atoms in total. The zero-order valence-electron chi connectivity index (χ0n) is 15.6. The molecule has 4 rings (SSSR count). The molecule has 1 atom stereocenters. The standard InChI is InChI=1S/C20H20N6O3/c21-18(27)14-9-15(11-22-10-14)24-19(28)20(29)26-7-2-1-3-16(26)13-4-5-17-23-6-8-25(17)12-13/h4-6,8-12,16H,1-3,7H2,(H2,21,27)(H,24,28)/t16-/m0/s1. The van der Waals surface area contributed by atoms with Gasteiger partial charge in [0.25, 0.3) is 0 Å². The highest BCUT2D eigenvalue weighted by Gasteiger charge is 2.32. The van der Waals surface area contributed by atoms with Crippen LogP contribution in [-0.4, -0.2) is 43.5 Å². The van der Waals surface area contributed by atoms with E-state index in [1.165, 1.54) is 18.5 Å². The Bertz CT molecular complexity index is 1090. The Kier molecular flexibility index (Phi) is 4.94. The van der Waals surface area contributed by atoms with Crippen LogP contribution >= 0.6 is 0 Å². The van der Waals surface area contributed by atoms with E-state index in [1.54, 1.807) is 11.1 Å². The normalized spacial score (nSPS) is 16.6. The van der Waals surface area contributed by atoms with E-state index in [4.69, 9.17) is 5.73 Å². The van der Waals surface area contributed by atoms with Gasteiger partial charge in [-0.15, -0.1) is 0 Å². The molecule has 148 valence electrons. The van der Waals surface area contributed by atoms with Gasteiger partial charge in [-0.2, -0.15) is 0 Å². The van der Waals surface area contributed by atoms with Gasteiger partial charge in [0.15, 0.2) is 0 Å². The molecule has 29 heavy (non-hydrogen) atoms. The molecule has 0 radical (unpaired) electrons. The fraction of sp³-hybridized carbons (Fsp3) is 0.250. The van der Waals surface area contributed by atoms with E-state index in [0.717, 1.165) is 30.5 Å². The van der Waals surface area contributed by atoms with Crippen LogP contribution in [0.2, 0.25) is 0 Å². The molecule has 9 heteroatoms. The van der Waals surface area contributed by atoms with Gasteiger partial charge in [0.1, 0.15) is 5.65 Å². The van der Waals surface area contributed by atoms with Crippen LogP contribution in [0.4, 0.5) is 5.69 Å². The number of carbonyl (C=O) groups is 3. The molecule has 1 saturated heterocycles. The van der Waals surface area contributed by atoms with Crippen LogP contribution in [0.15, 0.2) is 49.2 Å². The molecule has 0 spiro atoms. The first kappa shape index (κ1) is 18.6. The van der Waals surface area contributed by atoms with E-state index in [1.807, 2.05) is 28.9 Å². The molecular weight excluding hydrogens is 372 g/mol. The van der Waals surface area contributed by atoms with Crippen molar-refractivity contribution in [1.82, 2.24) is 19.3 Å². The minimum atomic E-state index is -0.774. The van der Waals surface area contributed by atoms with Gasteiger partial charge < -0.3 is 20.4 Å². The summed E-state index contributed by atoms with van der Waals surface area (Å²) in [5.41, 5.74) is 7.40. The summed E-state index contributed by atoms with van der Waals surface area (Å²) in [6.45, 7) is 0.498. The van der Waals surface area contributed by atoms with E-state index in [2.05, 4.69) is 15.3 Å². The first-order chi connectivity index (χ1) is 14.0. The molecule has 1 aliphatic rings. The van der Waals surface area contributed by atoms with Crippen molar-refractivity contribution in [3.63, 3.8) is 0 Å². The Morgan fingerprint density at radius 1 is 1.17 bits per heavy atom. The van der Waals surface area contributed by atoms with Crippen molar-refractivity contribution in [2.24, 2.45) is 5.73 Å². The van der Waals surface area contributed by atoms with Crippen LogP contribution in [0.5, 0.6) is 0 Å². The number of nitrogens with zero attached hydrogens (tertiary/aromatic N) is 4. The lowest BCUT2D eigenvalue weighted by molar-refractivity contribution is -0.145. The van der Waals surface area contributed by atoms with Crippen LogP contribution in [0.25, 0.3) is 5.65 Å². The first-order valence-electron chi connectivity index (χ1n) is 9.32. The van der Waals surface area contributed by atoms with Gasteiger partial charge in [-0.3, -0.25) is 19.4 Å². The van der Waals surface area contributed by atoms with Gasteiger partial charge in [0.05, 0.1) is 23.5 Å². The number of amides is 3. The van der Waals surface area contributed by atoms with Crippen molar-refractivity contribution in [2.75, 3.05) is 11.9 Å². The summed E-state index contributed by atoms with van der Waals surface area (Å²) in [6, 6.07) is 5.04. The molecule has 3 N–H and O–H groups in total. The Balaban J connectivity index is 1.54. The highest BCUT2D eigenvalue weighted by molar-refractivity contribution is 6.39. The van der Waals surface area contributed by atoms with Gasteiger partial charge in [-0.05, 0) is 37.0 Å². The maximum atomic E-state index is 12.9. The van der Waals surface area contributed by atoms with Crippen molar-refractivity contribution < 1.29 is 14.4 Å². The molecular formula is C20H20N6O3. The van der Waals surface area contributed by atoms with Crippen LogP contribution in [0.1, 0.15) is 41.2 Å². The zero-order chi connectivity index (χ0) is 20.4. The van der Waals surface area contributed by atoms with Gasteiger partial charge in [-0.25, -0.2) is 4.98 Å². The average Bonchev–Trinajstić information content (AvgIpc) is 3.21. The Morgan fingerprint density at radius 3 is 2.86 bits per heavy atom. The molecule has 4 heterocycles. The Morgan fingerprint density at radius 2 is 2.03 bits per heavy atom. The lowest BCUT2D eigenvalue weighted by atomic mass is 9.96. The third-order valence-electron chi connectivity index (χ3n) is 5.03. The zero-order valence-corrected chi connectivity index (χ0v) is 15.6. The molecule has 1 fully saturated rings. The number of fused-ring (bicyclic) bond motifs is 1. The number of pyridine rings is 2. The lowest BCUT2D eigenvalue weighted by Crippen LogP contribution is -2.44. The smallest absolute Gasteiger partial charge is 0.313 e. The molecule has 3 aromatic heterocycles.